The number of nitrogens with zero attached hydrogens (tertiary/aromatic N) is 3. The number of aromatic nitrogens is 1. The van der Waals surface area contributed by atoms with Gasteiger partial charge in [-0.2, -0.15) is 0 Å². The molecule has 0 radical (unpaired) electrons. The van der Waals surface area contributed by atoms with E-state index >= 15 is 0 Å². The Morgan fingerprint density at radius 3 is 2.43 bits per heavy atom. The van der Waals surface area contributed by atoms with Crippen molar-refractivity contribution < 1.29 is 9.59 Å². The van der Waals surface area contributed by atoms with E-state index < -0.39 is 5.54 Å². The highest BCUT2D eigenvalue weighted by Crippen LogP contribution is 2.39. The minimum atomic E-state index is -0.623. The number of carbonyl (C=O) groups is 2. The van der Waals surface area contributed by atoms with Crippen molar-refractivity contribution in [2.45, 2.75) is 50.6 Å². The van der Waals surface area contributed by atoms with E-state index in [0.29, 0.717) is 25.9 Å². The molecule has 4 rings (SSSR count). The Kier molecular flexibility index (Phi) is 5.42. The van der Waals surface area contributed by atoms with Crippen LogP contribution in [-0.4, -0.2) is 45.2 Å². The SMILES string of the molecule is O=C(CCc1ccncc1)N1CCCC12CCCN(Cc1ccccc1)C2=O. The summed E-state index contributed by atoms with van der Waals surface area (Å²) in [4.78, 5) is 34.4. The van der Waals surface area contributed by atoms with Crippen LogP contribution in [0, 0.1) is 0 Å². The zero-order chi connectivity index (χ0) is 19.4. The molecule has 5 nitrogen and oxygen atoms in total. The summed E-state index contributed by atoms with van der Waals surface area (Å²) in [6.45, 7) is 2.09. The second-order valence-electron chi connectivity index (χ2n) is 7.85. The summed E-state index contributed by atoms with van der Waals surface area (Å²) in [5.74, 6) is 0.238. The van der Waals surface area contributed by atoms with Crippen LogP contribution in [0.4, 0.5) is 0 Å². The standard InChI is InChI=1S/C23H27N3O2/c27-21(9-8-19-10-14-24-15-11-19)26-17-5-13-23(26)12-4-16-25(22(23)28)18-20-6-2-1-3-7-20/h1-3,6-7,10-11,14-15H,4-5,8-9,12-13,16-18H2. The molecule has 0 N–H and O–H groups in total. The Labute approximate surface area is 166 Å². The molecule has 1 aromatic heterocycles. The lowest BCUT2D eigenvalue weighted by Crippen LogP contribution is -2.61. The number of hydrogen-bond acceptors (Lipinski definition) is 3. The molecule has 146 valence electrons. The Bertz CT molecular complexity index is 824. The highest BCUT2D eigenvalue weighted by atomic mass is 16.2. The molecule has 2 aromatic rings. The first-order valence-corrected chi connectivity index (χ1v) is 10.2. The summed E-state index contributed by atoms with van der Waals surface area (Å²) in [5.41, 5.74) is 1.63. The van der Waals surface area contributed by atoms with Crippen LogP contribution in [0.3, 0.4) is 0 Å². The molecular formula is C23H27N3O2. The van der Waals surface area contributed by atoms with Gasteiger partial charge >= 0.3 is 0 Å². The highest BCUT2D eigenvalue weighted by Gasteiger charge is 2.52. The van der Waals surface area contributed by atoms with E-state index in [-0.39, 0.29) is 11.8 Å². The van der Waals surface area contributed by atoms with Crippen LogP contribution >= 0.6 is 0 Å². The average Bonchev–Trinajstić information content (AvgIpc) is 3.16. The molecule has 2 amide bonds. The number of aryl methyl sites for hydroxylation is 1. The summed E-state index contributed by atoms with van der Waals surface area (Å²) >= 11 is 0. The molecule has 28 heavy (non-hydrogen) atoms. The smallest absolute Gasteiger partial charge is 0.248 e. The number of hydrogen-bond donors (Lipinski definition) is 0. The Balaban J connectivity index is 1.47. The monoisotopic (exact) mass is 377 g/mol. The van der Waals surface area contributed by atoms with Gasteiger partial charge in [0.15, 0.2) is 0 Å². The second kappa shape index (κ2) is 8.13. The molecule has 1 unspecified atom stereocenters. The topological polar surface area (TPSA) is 53.5 Å². The maximum Gasteiger partial charge on any atom is 0.248 e. The van der Waals surface area contributed by atoms with Gasteiger partial charge in [0.25, 0.3) is 0 Å². The Morgan fingerprint density at radius 2 is 1.68 bits per heavy atom. The van der Waals surface area contributed by atoms with Gasteiger partial charge in [0.1, 0.15) is 5.54 Å². The Hall–Kier alpha value is -2.69. The van der Waals surface area contributed by atoms with Gasteiger partial charge in [-0.1, -0.05) is 30.3 Å². The normalized spacial score (nSPS) is 22.1. The van der Waals surface area contributed by atoms with Crippen LogP contribution in [0.15, 0.2) is 54.9 Å². The van der Waals surface area contributed by atoms with Crippen molar-refractivity contribution in [2.24, 2.45) is 0 Å². The van der Waals surface area contributed by atoms with Crippen LogP contribution in [0.25, 0.3) is 0 Å². The van der Waals surface area contributed by atoms with Crippen molar-refractivity contribution >= 4 is 11.8 Å². The molecule has 0 bridgehead atoms. The third-order valence-corrected chi connectivity index (χ3v) is 6.09. The summed E-state index contributed by atoms with van der Waals surface area (Å²) in [5, 5.41) is 0. The maximum absolute atomic E-state index is 13.5. The summed E-state index contributed by atoms with van der Waals surface area (Å²) in [6.07, 6.45) is 8.08. The van der Waals surface area contributed by atoms with Gasteiger partial charge in [0, 0.05) is 38.4 Å². The van der Waals surface area contributed by atoms with Gasteiger partial charge in [-0.15, -0.1) is 0 Å². The third-order valence-electron chi connectivity index (χ3n) is 6.09. The molecule has 2 fully saturated rings. The van der Waals surface area contributed by atoms with Crippen LogP contribution in [-0.2, 0) is 22.6 Å². The quantitative estimate of drug-likeness (QED) is 0.804. The van der Waals surface area contributed by atoms with Crippen LogP contribution in [0.5, 0.6) is 0 Å². The fraction of sp³-hybridized carbons (Fsp3) is 0.435. The summed E-state index contributed by atoms with van der Waals surface area (Å²) in [6, 6.07) is 14.0. The first-order chi connectivity index (χ1) is 13.7. The lowest BCUT2D eigenvalue weighted by atomic mass is 9.85. The van der Waals surface area contributed by atoms with Gasteiger partial charge < -0.3 is 9.80 Å². The number of pyridine rings is 1. The minimum Gasteiger partial charge on any atom is -0.336 e. The maximum atomic E-state index is 13.5. The zero-order valence-corrected chi connectivity index (χ0v) is 16.2. The first kappa shape index (κ1) is 18.7. The predicted octanol–water partition coefficient (Wildman–Crippen LogP) is 3.20. The summed E-state index contributed by atoms with van der Waals surface area (Å²) in [7, 11) is 0. The molecule has 1 atom stereocenters. The summed E-state index contributed by atoms with van der Waals surface area (Å²) < 4.78 is 0. The molecule has 0 saturated carbocycles. The van der Waals surface area contributed by atoms with E-state index in [4.69, 9.17) is 0 Å². The number of benzene rings is 1. The van der Waals surface area contributed by atoms with E-state index in [1.54, 1.807) is 12.4 Å². The molecule has 2 aliphatic heterocycles. The van der Waals surface area contributed by atoms with Gasteiger partial charge in [0.05, 0.1) is 0 Å². The van der Waals surface area contributed by atoms with E-state index in [1.165, 1.54) is 0 Å². The number of rotatable bonds is 5. The predicted molar refractivity (Wildman–Crippen MR) is 107 cm³/mol. The number of amides is 2. The van der Waals surface area contributed by atoms with Gasteiger partial charge in [-0.3, -0.25) is 14.6 Å². The van der Waals surface area contributed by atoms with Crippen molar-refractivity contribution in [3.63, 3.8) is 0 Å². The number of likely N-dealkylation sites (tertiary alicyclic amines) is 2. The average molecular weight is 377 g/mol. The van der Waals surface area contributed by atoms with E-state index in [9.17, 15) is 9.59 Å². The zero-order valence-electron chi connectivity index (χ0n) is 16.2. The lowest BCUT2D eigenvalue weighted by Gasteiger charge is -2.44. The minimum absolute atomic E-state index is 0.101. The largest absolute Gasteiger partial charge is 0.336 e. The highest BCUT2D eigenvalue weighted by molar-refractivity contribution is 5.92. The van der Waals surface area contributed by atoms with Gasteiger partial charge in [-0.05, 0) is 55.4 Å². The Morgan fingerprint density at radius 1 is 0.964 bits per heavy atom. The van der Waals surface area contributed by atoms with E-state index in [1.807, 2.05) is 40.1 Å². The van der Waals surface area contributed by atoms with Crippen molar-refractivity contribution in [3.05, 3.63) is 66.0 Å². The second-order valence-corrected chi connectivity index (χ2v) is 7.85. The van der Waals surface area contributed by atoms with Crippen molar-refractivity contribution in [2.75, 3.05) is 13.1 Å². The van der Waals surface area contributed by atoms with Crippen LogP contribution < -0.4 is 0 Å². The fourth-order valence-electron chi connectivity index (χ4n) is 4.68. The van der Waals surface area contributed by atoms with Crippen molar-refractivity contribution in [1.29, 1.82) is 0 Å². The van der Waals surface area contributed by atoms with Crippen molar-refractivity contribution in [1.82, 2.24) is 14.8 Å². The lowest BCUT2D eigenvalue weighted by molar-refractivity contribution is -0.155. The van der Waals surface area contributed by atoms with Crippen molar-refractivity contribution in [3.8, 4) is 0 Å². The molecule has 0 aliphatic carbocycles. The third kappa shape index (κ3) is 3.66. The van der Waals surface area contributed by atoms with Crippen LogP contribution in [0.1, 0.15) is 43.2 Å². The fourth-order valence-corrected chi connectivity index (χ4v) is 4.68. The molecule has 2 saturated heterocycles. The van der Waals surface area contributed by atoms with Crippen LogP contribution in [0.2, 0.25) is 0 Å². The molecule has 3 heterocycles. The molecule has 1 aromatic carbocycles. The number of piperidine rings is 1. The molecule has 5 heteroatoms. The van der Waals surface area contributed by atoms with E-state index in [0.717, 1.165) is 43.4 Å². The molecular weight excluding hydrogens is 350 g/mol. The van der Waals surface area contributed by atoms with Gasteiger partial charge in [-0.25, -0.2) is 0 Å². The van der Waals surface area contributed by atoms with Gasteiger partial charge in [0.2, 0.25) is 11.8 Å². The molecule has 1 spiro atoms. The first-order valence-electron chi connectivity index (χ1n) is 10.2. The van der Waals surface area contributed by atoms with E-state index in [2.05, 4.69) is 17.1 Å². The molecule has 2 aliphatic rings. The number of carbonyl (C=O) groups excluding carboxylic acids is 2.